The van der Waals surface area contributed by atoms with Crippen LogP contribution in [0.5, 0.6) is 0 Å². The lowest BCUT2D eigenvalue weighted by molar-refractivity contribution is 0.0472. The van der Waals surface area contributed by atoms with E-state index in [4.69, 9.17) is 4.74 Å². The van der Waals surface area contributed by atoms with E-state index in [0.29, 0.717) is 13.1 Å². The summed E-state index contributed by atoms with van der Waals surface area (Å²) in [6.07, 6.45) is 1.74. The van der Waals surface area contributed by atoms with E-state index >= 15 is 0 Å². The van der Waals surface area contributed by atoms with Crippen LogP contribution in [-0.4, -0.2) is 31.8 Å². The van der Waals surface area contributed by atoms with Gasteiger partial charge >= 0.3 is 5.97 Å². The van der Waals surface area contributed by atoms with Crippen molar-refractivity contribution in [3.63, 3.8) is 0 Å². The third-order valence-electron chi connectivity index (χ3n) is 4.42. The highest BCUT2D eigenvalue weighted by Gasteiger charge is 2.27. The van der Waals surface area contributed by atoms with Crippen molar-refractivity contribution in [2.24, 2.45) is 0 Å². The molecule has 3 rings (SSSR count). The van der Waals surface area contributed by atoms with Crippen molar-refractivity contribution in [3.8, 4) is 0 Å². The van der Waals surface area contributed by atoms with Crippen LogP contribution in [0.2, 0.25) is 0 Å². The summed E-state index contributed by atoms with van der Waals surface area (Å²) in [7, 11) is -3.55. The van der Waals surface area contributed by atoms with Gasteiger partial charge in [-0.05, 0) is 50.5 Å². The van der Waals surface area contributed by atoms with Crippen molar-refractivity contribution in [2.45, 2.75) is 38.2 Å². The van der Waals surface area contributed by atoms with Gasteiger partial charge in [-0.25, -0.2) is 13.2 Å². The quantitative estimate of drug-likeness (QED) is 0.753. The Labute approximate surface area is 154 Å². The minimum Gasteiger partial charge on any atom is -0.457 e. The van der Waals surface area contributed by atoms with Gasteiger partial charge in [-0.1, -0.05) is 35.4 Å². The van der Waals surface area contributed by atoms with Gasteiger partial charge in [0, 0.05) is 13.1 Å². The van der Waals surface area contributed by atoms with Crippen molar-refractivity contribution in [2.75, 3.05) is 13.1 Å². The fourth-order valence-electron chi connectivity index (χ4n) is 3.25. The first-order chi connectivity index (χ1) is 12.4. The maximum Gasteiger partial charge on any atom is 0.338 e. The van der Waals surface area contributed by atoms with Crippen LogP contribution in [0.3, 0.4) is 0 Å². The Kier molecular flexibility index (Phi) is 5.44. The predicted octanol–water partition coefficient (Wildman–Crippen LogP) is 3.44. The maximum absolute atomic E-state index is 12.6. The van der Waals surface area contributed by atoms with Gasteiger partial charge in [0.05, 0.1) is 10.5 Å². The Morgan fingerprint density at radius 2 is 1.69 bits per heavy atom. The highest BCUT2D eigenvalue weighted by molar-refractivity contribution is 7.89. The van der Waals surface area contributed by atoms with Crippen LogP contribution in [0.1, 0.15) is 39.9 Å². The van der Waals surface area contributed by atoms with Crippen molar-refractivity contribution < 1.29 is 17.9 Å². The van der Waals surface area contributed by atoms with Crippen LogP contribution in [0.4, 0.5) is 0 Å². The molecule has 0 amide bonds. The fraction of sp³-hybridized carbons (Fsp3) is 0.350. The number of benzene rings is 2. The third-order valence-corrected chi connectivity index (χ3v) is 6.32. The zero-order valence-corrected chi connectivity index (χ0v) is 15.9. The molecule has 2 aromatic rings. The molecule has 0 N–H and O–H groups in total. The summed E-state index contributed by atoms with van der Waals surface area (Å²) in [6, 6.07) is 12.1. The largest absolute Gasteiger partial charge is 0.457 e. The van der Waals surface area contributed by atoms with Crippen LogP contribution in [0.25, 0.3) is 0 Å². The normalized spacial score (nSPS) is 15.2. The van der Waals surface area contributed by atoms with E-state index in [9.17, 15) is 13.2 Å². The second kappa shape index (κ2) is 7.60. The Morgan fingerprint density at radius 1 is 1.04 bits per heavy atom. The fourth-order valence-corrected chi connectivity index (χ4v) is 4.81. The molecule has 0 unspecified atom stereocenters. The van der Waals surface area contributed by atoms with E-state index in [1.165, 1.54) is 16.4 Å². The van der Waals surface area contributed by atoms with Crippen molar-refractivity contribution in [3.05, 3.63) is 64.7 Å². The number of sulfonamides is 1. The molecular weight excluding hydrogens is 350 g/mol. The van der Waals surface area contributed by atoms with Gasteiger partial charge < -0.3 is 4.74 Å². The van der Waals surface area contributed by atoms with E-state index in [2.05, 4.69) is 6.07 Å². The molecule has 0 aromatic heterocycles. The number of carbonyl (C=O) groups excluding carboxylic acids is 1. The average Bonchev–Trinajstić information content (AvgIpc) is 3.14. The van der Waals surface area contributed by atoms with Crippen molar-refractivity contribution >= 4 is 16.0 Å². The molecule has 0 saturated carbocycles. The summed E-state index contributed by atoms with van der Waals surface area (Å²) in [5, 5.41) is 0. The molecule has 1 saturated heterocycles. The molecule has 138 valence electrons. The number of nitrogens with zero attached hydrogens (tertiary/aromatic N) is 1. The van der Waals surface area contributed by atoms with E-state index < -0.39 is 16.0 Å². The van der Waals surface area contributed by atoms with Gasteiger partial charge in [-0.2, -0.15) is 4.31 Å². The van der Waals surface area contributed by atoms with Gasteiger partial charge in [0.25, 0.3) is 0 Å². The zero-order chi connectivity index (χ0) is 18.7. The third kappa shape index (κ3) is 4.14. The summed E-state index contributed by atoms with van der Waals surface area (Å²) in [5.41, 5.74) is 3.37. The number of hydrogen-bond donors (Lipinski definition) is 0. The second-order valence-corrected chi connectivity index (χ2v) is 8.65. The molecule has 1 aliphatic rings. The van der Waals surface area contributed by atoms with E-state index in [1.54, 1.807) is 12.1 Å². The molecule has 6 heteroatoms. The van der Waals surface area contributed by atoms with Crippen LogP contribution in [-0.2, 0) is 21.4 Å². The van der Waals surface area contributed by atoms with Gasteiger partial charge in [-0.15, -0.1) is 0 Å². The van der Waals surface area contributed by atoms with Crippen molar-refractivity contribution in [1.29, 1.82) is 0 Å². The molecule has 0 atom stereocenters. The van der Waals surface area contributed by atoms with Crippen molar-refractivity contribution in [1.82, 2.24) is 4.31 Å². The summed E-state index contributed by atoms with van der Waals surface area (Å²) < 4.78 is 32.1. The summed E-state index contributed by atoms with van der Waals surface area (Å²) >= 11 is 0. The number of aryl methyl sites for hydroxylation is 2. The number of hydrogen-bond acceptors (Lipinski definition) is 4. The summed E-state index contributed by atoms with van der Waals surface area (Å²) in [4.78, 5) is 12.5. The lowest BCUT2D eigenvalue weighted by atomic mass is 10.1. The highest BCUT2D eigenvalue weighted by Crippen LogP contribution is 2.22. The molecular formula is C20H23NO4S. The average molecular weight is 373 g/mol. The Morgan fingerprint density at radius 3 is 2.35 bits per heavy atom. The lowest BCUT2D eigenvalue weighted by Crippen LogP contribution is -2.28. The number of carbonyl (C=O) groups is 1. The predicted molar refractivity (Wildman–Crippen MR) is 99.5 cm³/mol. The second-order valence-electron chi connectivity index (χ2n) is 6.71. The number of esters is 1. The first-order valence-electron chi connectivity index (χ1n) is 8.71. The monoisotopic (exact) mass is 373 g/mol. The molecule has 1 fully saturated rings. The molecule has 1 aliphatic heterocycles. The maximum atomic E-state index is 12.6. The smallest absolute Gasteiger partial charge is 0.338 e. The lowest BCUT2D eigenvalue weighted by Gasteiger charge is -2.16. The van der Waals surface area contributed by atoms with E-state index in [1.807, 2.05) is 26.0 Å². The molecule has 0 aliphatic carbocycles. The van der Waals surface area contributed by atoms with Crippen LogP contribution in [0.15, 0.2) is 47.4 Å². The molecule has 1 heterocycles. The molecule has 0 spiro atoms. The first-order valence-corrected chi connectivity index (χ1v) is 10.1. The van der Waals surface area contributed by atoms with Gasteiger partial charge in [0.1, 0.15) is 6.61 Å². The van der Waals surface area contributed by atoms with Gasteiger partial charge in [0.15, 0.2) is 0 Å². The Hall–Kier alpha value is -2.18. The number of rotatable bonds is 5. The van der Waals surface area contributed by atoms with Crippen LogP contribution >= 0.6 is 0 Å². The first kappa shape index (κ1) is 18.6. The molecule has 0 radical (unpaired) electrons. The summed E-state index contributed by atoms with van der Waals surface area (Å²) in [5.74, 6) is -0.525. The standard InChI is InChI=1S/C20H23NO4S/c1-15-10-16(2)12-17(11-15)14-25-20(22)18-6-5-7-19(13-18)26(23,24)21-8-3-4-9-21/h5-7,10-13H,3-4,8-9,14H2,1-2H3. The minimum absolute atomic E-state index is 0.139. The van der Waals surface area contributed by atoms with Crippen LogP contribution in [0, 0.1) is 13.8 Å². The molecule has 2 aromatic carbocycles. The summed E-state index contributed by atoms with van der Waals surface area (Å²) in [6.45, 7) is 5.20. The van der Waals surface area contributed by atoms with Gasteiger partial charge in [0.2, 0.25) is 10.0 Å². The zero-order valence-electron chi connectivity index (χ0n) is 15.1. The van der Waals surface area contributed by atoms with Gasteiger partial charge in [-0.3, -0.25) is 0 Å². The highest BCUT2D eigenvalue weighted by atomic mass is 32.2. The molecule has 5 nitrogen and oxygen atoms in total. The molecule has 0 bridgehead atoms. The number of ether oxygens (including phenoxy) is 1. The Bertz CT molecular complexity index is 895. The SMILES string of the molecule is Cc1cc(C)cc(COC(=O)c2cccc(S(=O)(=O)N3CCCC3)c2)c1. The van der Waals surface area contributed by atoms with Crippen LogP contribution < -0.4 is 0 Å². The Balaban J connectivity index is 1.74. The van der Waals surface area contributed by atoms with E-state index in [0.717, 1.165) is 29.5 Å². The van der Waals surface area contributed by atoms with E-state index in [-0.39, 0.29) is 17.1 Å². The molecule has 26 heavy (non-hydrogen) atoms. The topological polar surface area (TPSA) is 63.7 Å². The minimum atomic E-state index is -3.55.